The molecule has 13 nitrogen and oxygen atoms in total. The summed E-state index contributed by atoms with van der Waals surface area (Å²) in [5.74, 6) is 3.67. The van der Waals surface area contributed by atoms with E-state index in [1.54, 1.807) is 13.8 Å². The van der Waals surface area contributed by atoms with Crippen molar-refractivity contribution >= 4 is 23.6 Å². The minimum Gasteiger partial charge on any atom is -0.376 e. The number of rotatable bonds is 18. The van der Waals surface area contributed by atoms with Gasteiger partial charge in [-0.3, -0.25) is 19.2 Å². The van der Waals surface area contributed by atoms with Gasteiger partial charge < -0.3 is 36.3 Å². The Balaban J connectivity index is 2.72. The summed E-state index contributed by atoms with van der Waals surface area (Å²) < 4.78 is 0. The zero-order chi connectivity index (χ0) is 30.6. The van der Waals surface area contributed by atoms with Crippen LogP contribution in [0.25, 0.3) is 0 Å². The highest BCUT2D eigenvalue weighted by Crippen LogP contribution is 2.08. The summed E-state index contributed by atoms with van der Waals surface area (Å²) in [7, 11) is 0. The second kappa shape index (κ2) is 20.2. The SMILES string of the molecule is CCN(CC)CCCC[C@H](NC(=O)[C@@H](NC(=O)CCCC#Cc1cnc(=O)[nH]c1)C(C)C)C(=O)NCC(=O)NCO. The number of hydrogen-bond donors (Lipinski definition) is 6. The van der Waals surface area contributed by atoms with Gasteiger partial charge in [0.2, 0.25) is 23.6 Å². The number of nitrogens with zero attached hydrogens (tertiary/aromatic N) is 2. The molecule has 1 rings (SSSR count). The number of aromatic amines is 1. The van der Waals surface area contributed by atoms with Crippen molar-refractivity contribution in [1.82, 2.24) is 36.1 Å². The quantitative estimate of drug-likeness (QED) is 0.0776. The number of aliphatic hydroxyl groups excluding tert-OH is 1. The summed E-state index contributed by atoms with van der Waals surface area (Å²) in [5.41, 5.74) is 0.106. The largest absolute Gasteiger partial charge is 0.376 e. The third kappa shape index (κ3) is 15.0. The monoisotopic (exact) mass is 575 g/mol. The number of aromatic nitrogens is 2. The van der Waals surface area contributed by atoms with Crippen LogP contribution in [0.1, 0.15) is 71.8 Å². The molecule has 1 aromatic rings. The molecule has 1 aromatic heterocycles. The maximum absolute atomic E-state index is 13.2. The molecule has 228 valence electrons. The van der Waals surface area contributed by atoms with Crippen molar-refractivity contribution in [2.24, 2.45) is 5.92 Å². The molecule has 6 N–H and O–H groups in total. The molecule has 4 amide bonds. The maximum atomic E-state index is 13.2. The van der Waals surface area contributed by atoms with Crippen LogP contribution in [0.5, 0.6) is 0 Å². The first-order chi connectivity index (χ1) is 19.6. The van der Waals surface area contributed by atoms with Gasteiger partial charge in [0.15, 0.2) is 0 Å². The first-order valence-corrected chi connectivity index (χ1v) is 14.1. The third-order valence-corrected chi connectivity index (χ3v) is 6.32. The Morgan fingerprint density at radius 3 is 2.37 bits per heavy atom. The highest BCUT2D eigenvalue weighted by atomic mass is 16.3. The first kappa shape index (κ1) is 35.3. The standard InChI is InChI=1S/C28H45N7O6/c1-5-35(6-2)15-11-10-13-22(26(39)29-18-24(38)32-19-36)33-27(40)25(20(3)4)34-23(37)14-9-7-8-12-21-16-30-28(41)31-17-21/h16-17,20,22,25,36H,5-7,9-11,13-15,18-19H2,1-4H3,(H,29,39)(H,32,38)(H,33,40)(H,34,37)(H,30,31,41)/t22-,25-/m0/s1. The van der Waals surface area contributed by atoms with Crippen molar-refractivity contribution in [2.45, 2.75) is 78.3 Å². The highest BCUT2D eigenvalue weighted by molar-refractivity contribution is 5.93. The lowest BCUT2D eigenvalue weighted by atomic mass is 10.0. The summed E-state index contributed by atoms with van der Waals surface area (Å²) in [5, 5.41) is 19.0. The van der Waals surface area contributed by atoms with Gasteiger partial charge in [-0.1, -0.05) is 39.5 Å². The van der Waals surface area contributed by atoms with Crippen LogP contribution in [0.15, 0.2) is 17.2 Å². The number of carbonyl (C=O) groups excluding carboxylic acids is 4. The van der Waals surface area contributed by atoms with Gasteiger partial charge in [0.1, 0.15) is 18.8 Å². The molecule has 0 aromatic carbocycles. The van der Waals surface area contributed by atoms with E-state index >= 15 is 0 Å². The molecule has 0 aliphatic heterocycles. The Hall–Kier alpha value is -3.76. The molecule has 41 heavy (non-hydrogen) atoms. The molecule has 0 saturated carbocycles. The van der Waals surface area contributed by atoms with E-state index in [1.165, 1.54) is 12.4 Å². The van der Waals surface area contributed by atoms with Gasteiger partial charge in [0, 0.05) is 25.2 Å². The van der Waals surface area contributed by atoms with Gasteiger partial charge in [-0.05, 0) is 51.2 Å². The lowest BCUT2D eigenvalue weighted by Gasteiger charge is -2.25. The number of hydrogen-bond acceptors (Lipinski definition) is 8. The Bertz CT molecular complexity index is 1070. The van der Waals surface area contributed by atoms with Gasteiger partial charge >= 0.3 is 5.69 Å². The third-order valence-electron chi connectivity index (χ3n) is 6.32. The highest BCUT2D eigenvalue weighted by Gasteiger charge is 2.28. The van der Waals surface area contributed by atoms with Crippen LogP contribution < -0.4 is 27.0 Å². The van der Waals surface area contributed by atoms with Gasteiger partial charge in [-0.25, -0.2) is 9.78 Å². The number of amides is 4. The molecule has 0 saturated heterocycles. The van der Waals surface area contributed by atoms with Crippen molar-refractivity contribution < 1.29 is 24.3 Å². The van der Waals surface area contributed by atoms with Crippen LogP contribution in [0.4, 0.5) is 0 Å². The fraction of sp³-hybridized carbons (Fsp3) is 0.643. The van der Waals surface area contributed by atoms with Crippen molar-refractivity contribution in [3.8, 4) is 11.8 Å². The van der Waals surface area contributed by atoms with E-state index in [1.807, 2.05) is 0 Å². The molecule has 0 bridgehead atoms. The molecule has 0 aliphatic rings. The van der Waals surface area contributed by atoms with E-state index in [-0.39, 0.29) is 24.8 Å². The predicted molar refractivity (Wildman–Crippen MR) is 154 cm³/mol. The van der Waals surface area contributed by atoms with Crippen LogP contribution in [0.2, 0.25) is 0 Å². The second-order valence-corrected chi connectivity index (χ2v) is 9.81. The smallest absolute Gasteiger partial charge is 0.344 e. The molecule has 1 heterocycles. The van der Waals surface area contributed by atoms with E-state index in [0.717, 1.165) is 26.1 Å². The molecule has 0 spiro atoms. The Kier molecular flexibility index (Phi) is 17.3. The lowest BCUT2D eigenvalue weighted by molar-refractivity contribution is -0.133. The average Bonchev–Trinajstić information content (AvgIpc) is 2.94. The van der Waals surface area contributed by atoms with E-state index in [9.17, 15) is 24.0 Å². The first-order valence-electron chi connectivity index (χ1n) is 14.1. The zero-order valence-corrected chi connectivity index (χ0v) is 24.5. The number of unbranched alkanes of at least 4 members (excludes halogenated alkanes) is 2. The molecule has 0 fully saturated rings. The van der Waals surface area contributed by atoms with Crippen LogP contribution >= 0.6 is 0 Å². The van der Waals surface area contributed by atoms with E-state index in [0.29, 0.717) is 31.2 Å². The van der Waals surface area contributed by atoms with Gasteiger partial charge in [-0.15, -0.1) is 0 Å². The molecule has 0 radical (unpaired) electrons. The minimum atomic E-state index is -0.892. The summed E-state index contributed by atoms with van der Waals surface area (Å²) in [6, 6.07) is -1.75. The zero-order valence-electron chi connectivity index (χ0n) is 24.5. The number of nitrogens with one attached hydrogen (secondary N) is 5. The summed E-state index contributed by atoms with van der Waals surface area (Å²) >= 11 is 0. The van der Waals surface area contributed by atoms with Gasteiger partial charge in [0.05, 0.1) is 12.1 Å². The van der Waals surface area contributed by atoms with Gasteiger partial charge in [0.25, 0.3) is 0 Å². The lowest BCUT2D eigenvalue weighted by Crippen LogP contribution is -2.56. The number of aliphatic hydroxyl groups is 1. The van der Waals surface area contributed by atoms with Crippen molar-refractivity contribution in [3.63, 3.8) is 0 Å². The van der Waals surface area contributed by atoms with Crippen LogP contribution in [-0.4, -0.2) is 88.6 Å². The van der Waals surface area contributed by atoms with Gasteiger partial charge in [-0.2, -0.15) is 0 Å². The molecule has 0 unspecified atom stereocenters. The van der Waals surface area contributed by atoms with Crippen LogP contribution in [0.3, 0.4) is 0 Å². The van der Waals surface area contributed by atoms with E-state index < -0.39 is 42.2 Å². The normalized spacial score (nSPS) is 12.2. The number of carbonyl (C=O) groups is 4. The average molecular weight is 576 g/mol. The summed E-state index contributed by atoms with van der Waals surface area (Å²) in [6.45, 7) is 9.59. The predicted octanol–water partition coefficient (Wildman–Crippen LogP) is -0.388. The maximum Gasteiger partial charge on any atom is 0.344 e. The van der Waals surface area contributed by atoms with Crippen molar-refractivity contribution in [2.75, 3.05) is 32.9 Å². The van der Waals surface area contributed by atoms with Crippen LogP contribution in [0, 0.1) is 17.8 Å². The Morgan fingerprint density at radius 1 is 1.02 bits per heavy atom. The Labute approximate surface area is 241 Å². The summed E-state index contributed by atoms with van der Waals surface area (Å²) in [4.78, 5) is 69.6. The molecule has 0 aliphatic carbocycles. The fourth-order valence-electron chi connectivity index (χ4n) is 3.89. The molecular weight excluding hydrogens is 530 g/mol. The fourth-order valence-corrected chi connectivity index (χ4v) is 3.89. The number of H-pyrrole nitrogens is 1. The minimum absolute atomic E-state index is 0.157. The topological polar surface area (TPSA) is 186 Å². The Morgan fingerprint density at radius 2 is 1.76 bits per heavy atom. The van der Waals surface area contributed by atoms with Crippen molar-refractivity contribution in [3.05, 3.63) is 28.4 Å². The molecule has 2 atom stereocenters. The van der Waals surface area contributed by atoms with E-state index in [4.69, 9.17) is 5.11 Å². The van der Waals surface area contributed by atoms with Crippen molar-refractivity contribution in [1.29, 1.82) is 0 Å². The molecule has 13 heteroatoms. The summed E-state index contributed by atoms with van der Waals surface area (Å²) in [6.07, 6.45) is 5.76. The molecular formula is C28H45N7O6. The van der Waals surface area contributed by atoms with E-state index in [2.05, 4.69) is 61.8 Å². The second-order valence-electron chi connectivity index (χ2n) is 9.81. The van der Waals surface area contributed by atoms with Crippen LogP contribution in [-0.2, 0) is 19.2 Å².